The third-order valence-electron chi connectivity index (χ3n) is 8.46. The largest absolute Gasteiger partial charge is 0.508 e. The van der Waals surface area contributed by atoms with Crippen LogP contribution in [0.4, 0.5) is 0 Å². The van der Waals surface area contributed by atoms with Gasteiger partial charge in [-0.3, -0.25) is 19.4 Å². The Morgan fingerprint density at radius 1 is 0.714 bits per heavy atom. The first kappa shape index (κ1) is 40.5. The Balaban J connectivity index is 2.38. The summed E-state index contributed by atoms with van der Waals surface area (Å²) < 4.78 is 0. The van der Waals surface area contributed by atoms with E-state index in [2.05, 4.69) is 20.9 Å². The van der Waals surface area contributed by atoms with Crippen LogP contribution in [-0.4, -0.2) is 77.1 Å². The number of aliphatic carboxylic acids is 1. The highest BCUT2D eigenvalue weighted by molar-refractivity contribution is 5.94. The molecule has 49 heavy (non-hydrogen) atoms. The van der Waals surface area contributed by atoms with Crippen LogP contribution in [0.25, 0.3) is 0 Å². The molecule has 0 aromatic heterocycles. The van der Waals surface area contributed by atoms with Gasteiger partial charge in [-0.05, 0) is 125 Å². The molecule has 14 heteroatoms. The fourth-order valence-electron chi connectivity index (χ4n) is 5.90. The molecule has 0 bridgehead atoms. The summed E-state index contributed by atoms with van der Waals surface area (Å²) >= 11 is 0. The van der Waals surface area contributed by atoms with Gasteiger partial charge in [0.25, 0.3) is 0 Å². The number of hydrogen-bond donors (Lipinski definition) is 9. The molecule has 0 spiro atoms. The minimum absolute atomic E-state index is 0.0816. The van der Waals surface area contributed by atoms with Crippen molar-refractivity contribution >= 4 is 29.7 Å². The van der Waals surface area contributed by atoms with Crippen LogP contribution >= 0.6 is 0 Å². The van der Waals surface area contributed by atoms with E-state index in [1.54, 1.807) is 12.1 Å². The molecule has 0 fully saturated rings. The topological polar surface area (TPSA) is 261 Å². The minimum Gasteiger partial charge on any atom is -0.508 e. The van der Waals surface area contributed by atoms with Crippen molar-refractivity contribution in [2.45, 2.75) is 104 Å². The average molecular weight is 683 g/mol. The summed E-state index contributed by atoms with van der Waals surface area (Å²) in [7, 11) is 0. The van der Waals surface area contributed by atoms with Crippen LogP contribution in [0.1, 0.15) is 71.0 Å². The monoisotopic (exact) mass is 682 g/mol. The molecule has 2 rings (SSSR count). The highest BCUT2D eigenvalue weighted by Crippen LogP contribution is 2.22. The maximum atomic E-state index is 13.9. The number of nitrogens with two attached hydrogens (primary N) is 4. The summed E-state index contributed by atoms with van der Waals surface area (Å²) in [5.74, 6) is -3.13. The van der Waals surface area contributed by atoms with Crippen LogP contribution in [0.15, 0.2) is 29.3 Å². The van der Waals surface area contributed by atoms with E-state index >= 15 is 0 Å². The molecule has 2 aromatic rings. The van der Waals surface area contributed by atoms with Crippen LogP contribution in [-0.2, 0) is 32.0 Å². The highest BCUT2D eigenvalue weighted by Gasteiger charge is 2.31. The van der Waals surface area contributed by atoms with E-state index in [1.165, 1.54) is 0 Å². The summed E-state index contributed by atoms with van der Waals surface area (Å²) in [6.45, 7) is 9.97. The Bertz CT molecular complexity index is 1460. The molecule has 0 aliphatic carbocycles. The van der Waals surface area contributed by atoms with Crippen LogP contribution in [0.2, 0.25) is 0 Å². The number of aliphatic imine (C=N–C) groups is 1. The Morgan fingerprint density at radius 2 is 1.20 bits per heavy atom. The number of hydrogen-bond acceptors (Lipinski definition) is 8. The molecular formula is C35H54N8O6. The molecule has 0 saturated heterocycles. The Morgan fingerprint density at radius 3 is 1.76 bits per heavy atom. The first-order valence-corrected chi connectivity index (χ1v) is 16.5. The van der Waals surface area contributed by atoms with Gasteiger partial charge in [-0.25, -0.2) is 4.79 Å². The second-order valence-electron chi connectivity index (χ2n) is 12.7. The van der Waals surface area contributed by atoms with Crippen molar-refractivity contribution in [3.8, 4) is 5.75 Å². The third-order valence-corrected chi connectivity index (χ3v) is 8.46. The molecule has 13 N–H and O–H groups in total. The number of nitrogens with one attached hydrogen (secondary N) is 3. The van der Waals surface area contributed by atoms with E-state index in [0.29, 0.717) is 25.8 Å². The zero-order chi connectivity index (χ0) is 36.8. The summed E-state index contributed by atoms with van der Waals surface area (Å²) in [6.07, 6.45) is 1.93. The lowest BCUT2D eigenvalue weighted by Crippen LogP contribution is -2.57. The van der Waals surface area contributed by atoms with E-state index in [4.69, 9.17) is 22.9 Å². The van der Waals surface area contributed by atoms with Crippen molar-refractivity contribution in [3.05, 3.63) is 63.2 Å². The number of phenols is 1. The SMILES string of the molecule is Cc1cc(C)c(C[C@H](NC(=O)[C@@H](CCCN=C(N)N)NC(=O)[C@@H](N)Cc2c(C)cc(O)cc2C)C(=O)N[C@@H](CCCCN)C(=O)O)c(C)c1. The van der Waals surface area contributed by atoms with E-state index in [1.807, 2.05) is 46.8 Å². The van der Waals surface area contributed by atoms with E-state index in [-0.39, 0.29) is 43.9 Å². The van der Waals surface area contributed by atoms with Crippen molar-refractivity contribution in [1.82, 2.24) is 16.0 Å². The number of rotatable bonds is 19. The molecule has 0 unspecified atom stereocenters. The number of nitrogens with zero attached hydrogens (tertiary/aromatic N) is 1. The number of unbranched alkanes of at least 4 members (excludes halogenated alkanes) is 1. The number of carboxylic acids is 1. The van der Waals surface area contributed by atoms with Crippen LogP contribution in [0.3, 0.4) is 0 Å². The molecule has 14 nitrogen and oxygen atoms in total. The number of aryl methyl sites for hydroxylation is 5. The Labute approximate surface area is 288 Å². The van der Waals surface area contributed by atoms with Crippen LogP contribution in [0.5, 0.6) is 5.75 Å². The van der Waals surface area contributed by atoms with Crippen molar-refractivity contribution in [3.63, 3.8) is 0 Å². The van der Waals surface area contributed by atoms with Gasteiger partial charge in [-0.1, -0.05) is 17.7 Å². The first-order chi connectivity index (χ1) is 23.0. The number of carbonyl (C=O) groups is 4. The molecule has 4 atom stereocenters. The van der Waals surface area contributed by atoms with Crippen molar-refractivity contribution in [2.75, 3.05) is 13.1 Å². The van der Waals surface area contributed by atoms with Gasteiger partial charge in [0.2, 0.25) is 17.7 Å². The molecule has 0 heterocycles. The zero-order valence-corrected chi connectivity index (χ0v) is 29.3. The number of benzene rings is 2. The van der Waals surface area contributed by atoms with Crippen molar-refractivity contribution < 1.29 is 29.4 Å². The summed E-state index contributed by atoms with van der Waals surface area (Å²) in [4.78, 5) is 57.0. The standard InChI is InChI=1S/C35H54N8O6/c1-19-13-20(2)26(21(3)14-19)18-30(33(47)42-29(34(48)49)9-6-7-11-36)43-32(46)28(10-8-12-40-35(38)39)41-31(45)27(37)17-25-22(4)15-24(44)16-23(25)5/h13-16,27-30,44H,6-12,17-18,36-37H2,1-5H3,(H,41,45)(H,42,47)(H,43,46)(H,48,49)(H4,38,39,40)/t27-,28+,29-,30-/m0/s1. The number of carbonyl (C=O) groups excluding carboxylic acids is 3. The molecule has 0 aliphatic heterocycles. The van der Waals surface area contributed by atoms with Gasteiger partial charge >= 0.3 is 5.97 Å². The molecule has 270 valence electrons. The lowest BCUT2D eigenvalue weighted by molar-refractivity contribution is -0.142. The molecule has 3 amide bonds. The normalized spacial score (nSPS) is 13.4. The second kappa shape index (κ2) is 19.3. The zero-order valence-electron chi connectivity index (χ0n) is 29.3. The number of carboxylic acid groups (broad SMARTS) is 1. The van der Waals surface area contributed by atoms with Gasteiger partial charge in [0, 0.05) is 13.0 Å². The van der Waals surface area contributed by atoms with Gasteiger partial charge in [-0.15, -0.1) is 0 Å². The van der Waals surface area contributed by atoms with Crippen LogP contribution in [0, 0.1) is 34.6 Å². The molecular weight excluding hydrogens is 628 g/mol. The maximum absolute atomic E-state index is 13.9. The van der Waals surface area contributed by atoms with E-state index in [9.17, 15) is 29.4 Å². The lowest BCUT2D eigenvalue weighted by Gasteiger charge is -2.26. The predicted molar refractivity (Wildman–Crippen MR) is 190 cm³/mol. The number of aromatic hydroxyl groups is 1. The van der Waals surface area contributed by atoms with Gasteiger partial charge in [0.1, 0.15) is 23.9 Å². The van der Waals surface area contributed by atoms with Crippen LogP contribution < -0.4 is 38.9 Å². The molecule has 2 aromatic carbocycles. The average Bonchev–Trinajstić information content (AvgIpc) is 3.00. The summed E-state index contributed by atoms with van der Waals surface area (Å²) in [5, 5.41) is 27.8. The summed E-state index contributed by atoms with van der Waals surface area (Å²) in [6, 6.07) is 2.61. The Kier molecular flexibility index (Phi) is 16.0. The summed E-state index contributed by atoms with van der Waals surface area (Å²) in [5.41, 5.74) is 28.8. The quantitative estimate of drug-likeness (QED) is 0.0571. The fraction of sp³-hybridized carbons (Fsp3) is 0.514. The molecule has 0 aliphatic rings. The Hall–Kier alpha value is -4.69. The van der Waals surface area contributed by atoms with Gasteiger partial charge < -0.3 is 49.1 Å². The maximum Gasteiger partial charge on any atom is 0.326 e. The van der Waals surface area contributed by atoms with E-state index < -0.39 is 47.9 Å². The van der Waals surface area contributed by atoms with Gasteiger partial charge in [0.05, 0.1) is 6.04 Å². The first-order valence-electron chi connectivity index (χ1n) is 16.5. The van der Waals surface area contributed by atoms with E-state index in [0.717, 1.165) is 38.9 Å². The van der Waals surface area contributed by atoms with Gasteiger partial charge in [-0.2, -0.15) is 0 Å². The smallest absolute Gasteiger partial charge is 0.326 e. The molecule has 0 radical (unpaired) electrons. The lowest BCUT2D eigenvalue weighted by atomic mass is 9.93. The highest BCUT2D eigenvalue weighted by atomic mass is 16.4. The number of phenolic OH excluding ortho intramolecular Hbond substituents is 1. The minimum atomic E-state index is -1.20. The predicted octanol–water partition coefficient (Wildman–Crippen LogP) is 0.768. The fourth-order valence-corrected chi connectivity index (χ4v) is 5.90. The van der Waals surface area contributed by atoms with Crippen molar-refractivity contribution in [2.24, 2.45) is 27.9 Å². The van der Waals surface area contributed by atoms with Crippen molar-refractivity contribution in [1.29, 1.82) is 0 Å². The third kappa shape index (κ3) is 13.0. The number of amides is 3. The van der Waals surface area contributed by atoms with Gasteiger partial charge in [0.15, 0.2) is 5.96 Å². The number of guanidine groups is 1. The second-order valence-corrected chi connectivity index (χ2v) is 12.7. The molecule has 0 saturated carbocycles.